The Morgan fingerprint density at radius 2 is 2.00 bits per heavy atom. The fourth-order valence-corrected chi connectivity index (χ4v) is 1.38. The molecule has 0 aliphatic heterocycles. The van der Waals surface area contributed by atoms with Gasteiger partial charge in [0, 0.05) is 12.4 Å². The summed E-state index contributed by atoms with van der Waals surface area (Å²) in [5.41, 5.74) is 6.12. The van der Waals surface area contributed by atoms with E-state index in [2.05, 4.69) is 15.3 Å². The third kappa shape index (κ3) is 2.20. The van der Waals surface area contributed by atoms with Gasteiger partial charge in [0.1, 0.15) is 5.82 Å². The van der Waals surface area contributed by atoms with Crippen molar-refractivity contribution in [1.82, 2.24) is 9.97 Å². The van der Waals surface area contributed by atoms with Crippen LogP contribution in [-0.4, -0.2) is 9.97 Å². The van der Waals surface area contributed by atoms with E-state index in [0.29, 0.717) is 11.5 Å². The first-order valence-electron chi connectivity index (χ1n) is 4.45. The van der Waals surface area contributed by atoms with Crippen LogP contribution in [0.1, 0.15) is 0 Å². The second-order valence-electron chi connectivity index (χ2n) is 3.04. The summed E-state index contributed by atoms with van der Waals surface area (Å²) in [5.74, 6) is 0.238. The molecule has 0 amide bonds. The number of hydrogen-bond donors (Lipinski definition) is 2. The Kier molecular flexibility index (Phi) is 2.87. The molecular formula is C10H8ClFN4. The maximum Gasteiger partial charge on any atom is 0.173 e. The zero-order valence-corrected chi connectivity index (χ0v) is 8.87. The maximum absolute atomic E-state index is 12.8. The van der Waals surface area contributed by atoms with Crippen LogP contribution in [0, 0.1) is 5.82 Å². The van der Waals surface area contributed by atoms with Gasteiger partial charge in [-0.25, -0.2) is 14.4 Å². The summed E-state index contributed by atoms with van der Waals surface area (Å²) in [6.07, 6.45) is 2.98. The molecule has 0 atom stereocenters. The number of hydrogen-bond acceptors (Lipinski definition) is 4. The molecule has 0 saturated carbocycles. The number of rotatable bonds is 2. The standard InChI is InChI=1S/C10H8ClFN4/c11-7-5-6(12)1-2-8(7)16-10-9(13)14-3-4-15-10/h1-5H,(H2,13,14)(H,15,16). The predicted octanol–water partition coefficient (Wildman–Crippen LogP) is 2.59. The summed E-state index contributed by atoms with van der Waals surface area (Å²) < 4.78 is 12.8. The van der Waals surface area contributed by atoms with Crippen LogP contribution in [0.3, 0.4) is 0 Å². The maximum atomic E-state index is 12.8. The number of nitrogen functional groups attached to an aromatic ring is 1. The fourth-order valence-electron chi connectivity index (χ4n) is 1.16. The molecule has 1 aromatic heterocycles. The molecular weight excluding hydrogens is 231 g/mol. The minimum Gasteiger partial charge on any atom is -0.381 e. The Balaban J connectivity index is 2.31. The Morgan fingerprint density at radius 3 is 2.69 bits per heavy atom. The van der Waals surface area contributed by atoms with Crippen molar-refractivity contribution in [3.05, 3.63) is 41.4 Å². The average Bonchev–Trinajstić information content (AvgIpc) is 2.25. The number of nitrogens with zero attached hydrogens (tertiary/aromatic N) is 2. The molecule has 0 bridgehead atoms. The van der Waals surface area contributed by atoms with E-state index >= 15 is 0 Å². The van der Waals surface area contributed by atoms with Gasteiger partial charge in [-0.05, 0) is 18.2 Å². The highest BCUT2D eigenvalue weighted by molar-refractivity contribution is 6.33. The quantitative estimate of drug-likeness (QED) is 0.844. The molecule has 1 heterocycles. The lowest BCUT2D eigenvalue weighted by Gasteiger charge is -2.08. The van der Waals surface area contributed by atoms with Crippen LogP contribution in [0.4, 0.5) is 21.7 Å². The zero-order valence-electron chi connectivity index (χ0n) is 8.11. The van der Waals surface area contributed by atoms with Gasteiger partial charge < -0.3 is 11.1 Å². The summed E-state index contributed by atoms with van der Waals surface area (Å²) >= 11 is 5.84. The number of benzene rings is 1. The van der Waals surface area contributed by atoms with E-state index in [4.69, 9.17) is 17.3 Å². The summed E-state index contributed by atoms with van der Waals surface area (Å²) in [7, 11) is 0. The molecule has 0 spiro atoms. The van der Waals surface area contributed by atoms with Gasteiger partial charge in [-0.15, -0.1) is 0 Å². The molecule has 1 aromatic carbocycles. The van der Waals surface area contributed by atoms with Crippen LogP contribution >= 0.6 is 11.6 Å². The van der Waals surface area contributed by atoms with Crippen molar-refractivity contribution in [3.63, 3.8) is 0 Å². The molecule has 0 saturated heterocycles. The van der Waals surface area contributed by atoms with E-state index in [1.807, 2.05) is 0 Å². The predicted molar refractivity (Wildman–Crippen MR) is 61.1 cm³/mol. The van der Waals surface area contributed by atoms with Crippen LogP contribution in [0.15, 0.2) is 30.6 Å². The molecule has 6 heteroatoms. The van der Waals surface area contributed by atoms with Gasteiger partial charge in [0.05, 0.1) is 10.7 Å². The summed E-state index contributed by atoms with van der Waals surface area (Å²) in [6, 6.07) is 4.00. The largest absolute Gasteiger partial charge is 0.381 e. The summed E-state index contributed by atoms with van der Waals surface area (Å²) in [6.45, 7) is 0. The fraction of sp³-hybridized carbons (Fsp3) is 0. The van der Waals surface area contributed by atoms with Crippen LogP contribution < -0.4 is 11.1 Å². The first-order chi connectivity index (χ1) is 7.66. The van der Waals surface area contributed by atoms with E-state index in [1.54, 1.807) is 0 Å². The van der Waals surface area contributed by atoms with Crippen molar-refractivity contribution in [2.24, 2.45) is 0 Å². The van der Waals surface area contributed by atoms with E-state index < -0.39 is 5.82 Å². The summed E-state index contributed by atoms with van der Waals surface area (Å²) in [5, 5.41) is 3.13. The monoisotopic (exact) mass is 238 g/mol. The Labute approximate surface area is 96.3 Å². The topological polar surface area (TPSA) is 63.8 Å². The second kappa shape index (κ2) is 4.32. The highest BCUT2D eigenvalue weighted by Crippen LogP contribution is 2.26. The van der Waals surface area contributed by atoms with Crippen molar-refractivity contribution >= 4 is 28.9 Å². The molecule has 82 valence electrons. The van der Waals surface area contributed by atoms with Gasteiger partial charge in [-0.2, -0.15) is 0 Å². The lowest BCUT2D eigenvalue weighted by molar-refractivity contribution is 0.628. The number of anilines is 3. The molecule has 0 radical (unpaired) electrons. The molecule has 16 heavy (non-hydrogen) atoms. The minimum atomic E-state index is -0.400. The SMILES string of the molecule is Nc1nccnc1Nc1ccc(F)cc1Cl. The van der Waals surface area contributed by atoms with E-state index in [0.717, 1.165) is 0 Å². The molecule has 2 rings (SSSR count). The Hall–Kier alpha value is -1.88. The van der Waals surface area contributed by atoms with Crippen molar-refractivity contribution in [3.8, 4) is 0 Å². The lowest BCUT2D eigenvalue weighted by Crippen LogP contribution is -2.01. The first kappa shape index (κ1) is 10.6. The van der Waals surface area contributed by atoms with Gasteiger partial charge in [0.2, 0.25) is 0 Å². The van der Waals surface area contributed by atoms with Crippen LogP contribution in [0.5, 0.6) is 0 Å². The van der Waals surface area contributed by atoms with Crippen LogP contribution in [0.25, 0.3) is 0 Å². The second-order valence-corrected chi connectivity index (χ2v) is 3.45. The normalized spacial score (nSPS) is 10.1. The minimum absolute atomic E-state index is 0.253. The van der Waals surface area contributed by atoms with Crippen molar-refractivity contribution < 1.29 is 4.39 Å². The highest BCUT2D eigenvalue weighted by Gasteiger charge is 2.05. The molecule has 0 fully saturated rings. The number of aromatic nitrogens is 2. The van der Waals surface area contributed by atoms with Gasteiger partial charge >= 0.3 is 0 Å². The number of halogens is 2. The van der Waals surface area contributed by atoms with E-state index in [9.17, 15) is 4.39 Å². The molecule has 3 N–H and O–H groups in total. The molecule has 4 nitrogen and oxygen atoms in total. The molecule has 0 aliphatic carbocycles. The summed E-state index contributed by atoms with van der Waals surface area (Å²) in [4.78, 5) is 7.84. The molecule has 0 aliphatic rings. The smallest absolute Gasteiger partial charge is 0.173 e. The third-order valence-electron chi connectivity index (χ3n) is 1.91. The third-order valence-corrected chi connectivity index (χ3v) is 2.22. The Bertz CT molecular complexity index is 518. The van der Waals surface area contributed by atoms with Crippen LogP contribution in [-0.2, 0) is 0 Å². The highest BCUT2D eigenvalue weighted by atomic mass is 35.5. The molecule has 0 unspecified atom stereocenters. The first-order valence-corrected chi connectivity index (χ1v) is 4.83. The number of nitrogens with two attached hydrogens (primary N) is 1. The van der Waals surface area contributed by atoms with E-state index in [-0.39, 0.29) is 10.8 Å². The van der Waals surface area contributed by atoms with Crippen molar-refractivity contribution in [1.29, 1.82) is 0 Å². The van der Waals surface area contributed by atoms with Gasteiger partial charge in [-0.3, -0.25) is 0 Å². The van der Waals surface area contributed by atoms with Gasteiger partial charge in [0.25, 0.3) is 0 Å². The van der Waals surface area contributed by atoms with Gasteiger partial charge in [0.15, 0.2) is 11.6 Å². The van der Waals surface area contributed by atoms with Crippen molar-refractivity contribution in [2.45, 2.75) is 0 Å². The van der Waals surface area contributed by atoms with Crippen molar-refractivity contribution in [2.75, 3.05) is 11.1 Å². The van der Waals surface area contributed by atoms with Crippen LogP contribution in [0.2, 0.25) is 5.02 Å². The lowest BCUT2D eigenvalue weighted by atomic mass is 10.3. The molecule has 2 aromatic rings. The van der Waals surface area contributed by atoms with Gasteiger partial charge in [-0.1, -0.05) is 11.6 Å². The van der Waals surface area contributed by atoms with E-state index in [1.165, 1.54) is 30.6 Å². The zero-order chi connectivity index (χ0) is 11.5. The number of nitrogens with one attached hydrogen (secondary N) is 1. The average molecular weight is 239 g/mol. The Morgan fingerprint density at radius 1 is 1.25 bits per heavy atom.